The largest absolute Gasteiger partial charge is 0.381 e. The van der Waals surface area contributed by atoms with Crippen molar-refractivity contribution < 1.29 is 8.95 Å². The van der Waals surface area contributed by atoms with Crippen molar-refractivity contribution in [3.05, 3.63) is 42.0 Å². The summed E-state index contributed by atoms with van der Waals surface area (Å²) in [6.07, 6.45) is 4.39. The molecule has 1 aromatic heterocycles. The van der Waals surface area contributed by atoms with E-state index in [2.05, 4.69) is 26.9 Å². The highest BCUT2D eigenvalue weighted by atomic mass is 32.2. The third kappa shape index (κ3) is 3.59. The molecule has 128 valence electrons. The summed E-state index contributed by atoms with van der Waals surface area (Å²) in [7, 11) is -0.911. The molecule has 2 aliphatic rings. The second-order valence-electron chi connectivity index (χ2n) is 6.73. The van der Waals surface area contributed by atoms with E-state index in [0.717, 1.165) is 49.1 Å². The molecule has 1 unspecified atom stereocenters. The SMILES string of the molecule is O=S(Cc1nnc(C2CC2)n1-c1ccccc1)CC1CCOCC1. The third-order valence-electron chi connectivity index (χ3n) is 4.76. The number of benzene rings is 1. The summed E-state index contributed by atoms with van der Waals surface area (Å²) >= 11 is 0. The summed E-state index contributed by atoms with van der Waals surface area (Å²) < 4.78 is 20.2. The Labute approximate surface area is 144 Å². The Kier molecular flexibility index (Phi) is 4.76. The van der Waals surface area contributed by atoms with Crippen molar-refractivity contribution in [1.29, 1.82) is 0 Å². The molecule has 24 heavy (non-hydrogen) atoms. The van der Waals surface area contributed by atoms with E-state index in [0.29, 0.717) is 17.6 Å². The smallest absolute Gasteiger partial charge is 0.150 e. The van der Waals surface area contributed by atoms with Crippen LogP contribution in [0.3, 0.4) is 0 Å². The number of para-hydroxylation sites is 1. The molecule has 0 amide bonds. The Hall–Kier alpha value is -1.53. The first-order chi connectivity index (χ1) is 11.8. The highest BCUT2D eigenvalue weighted by molar-refractivity contribution is 7.84. The van der Waals surface area contributed by atoms with E-state index in [9.17, 15) is 4.21 Å². The fraction of sp³-hybridized carbons (Fsp3) is 0.556. The lowest BCUT2D eigenvalue weighted by atomic mass is 10.0. The molecule has 2 fully saturated rings. The van der Waals surface area contributed by atoms with Gasteiger partial charge in [-0.05, 0) is 43.7 Å². The molecular weight excluding hydrogens is 322 g/mol. The van der Waals surface area contributed by atoms with Crippen molar-refractivity contribution in [2.75, 3.05) is 19.0 Å². The van der Waals surface area contributed by atoms with Crippen LogP contribution in [0.25, 0.3) is 5.69 Å². The minimum atomic E-state index is -0.911. The Bertz CT molecular complexity index is 706. The van der Waals surface area contributed by atoms with Crippen LogP contribution in [0, 0.1) is 5.92 Å². The topological polar surface area (TPSA) is 57.0 Å². The first-order valence-corrected chi connectivity index (χ1v) is 10.2. The molecule has 1 saturated heterocycles. The maximum atomic E-state index is 12.6. The summed E-state index contributed by atoms with van der Waals surface area (Å²) in [6, 6.07) is 10.2. The molecule has 1 saturated carbocycles. The predicted octanol–water partition coefficient (Wildman–Crippen LogP) is 2.82. The number of hydrogen-bond donors (Lipinski definition) is 0. The number of rotatable bonds is 6. The minimum absolute atomic E-state index is 0.478. The van der Waals surface area contributed by atoms with Gasteiger partial charge < -0.3 is 4.74 Å². The summed E-state index contributed by atoms with van der Waals surface area (Å²) in [6.45, 7) is 1.60. The van der Waals surface area contributed by atoms with E-state index in [1.807, 2.05) is 18.2 Å². The van der Waals surface area contributed by atoms with Gasteiger partial charge in [-0.15, -0.1) is 10.2 Å². The van der Waals surface area contributed by atoms with Gasteiger partial charge in [0, 0.05) is 41.4 Å². The molecule has 5 nitrogen and oxygen atoms in total. The van der Waals surface area contributed by atoms with Gasteiger partial charge in [-0.1, -0.05) is 18.2 Å². The van der Waals surface area contributed by atoms with Gasteiger partial charge in [0.1, 0.15) is 11.6 Å². The summed E-state index contributed by atoms with van der Waals surface area (Å²) in [4.78, 5) is 0. The second-order valence-corrected chi connectivity index (χ2v) is 8.23. The van der Waals surface area contributed by atoms with Crippen LogP contribution in [0.15, 0.2) is 30.3 Å². The Morgan fingerprint density at radius 2 is 1.83 bits per heavy atom. The highest BCUT2D eigenvalue weighted by Gasteiger charge is 2.31. The highest BCUT2D eigenvalue weighted by Crippen LogP contribution is 2.40. The Morgan fingerprint density at radius 3 is 2.54 bits per heavy atom. The van der Waals surface area contributed by atoms with E-state index < -0.39 is 10.8 Å². The lowest BCUT2D eigenvalue weighted by Crippen LogP contribution is -2.22. The fourth-order valence-corrected chi connectivity index (χ4v) is 4.72. The molecule has 0 N–H and O–H groups in total. The van der Waals surface area contributed by atoms with Crippen LogP contribution in [-0.4, -0.2) is 37.9 Å². The van der Waals surface area contributed by atoms with E-state index in [4.69, 9.17) is 4.74 Å². The molecule has 1 aliphatic heterocycles. The standard InChI is InChI=1S/C18H23N3O2S/c22-24(12-14-8-10-23-11-9-14)13-17-19-20-18(15-6-7-15)21(17)16-4-2-1-3-5-16/h1-5,14-15H,6-13H2. The molecule has 0 spiro atoms. The van der Waals surface area contributed by atoms with Crippen molar-refractivity contribution in [2.45, 2.75) is 37.4 Å². The van der Waals surface area contributed by atoms with Crippen LogP contribution in [0.5, 0.6) is 0 Å². The zero-order valence-corrected chi connectivity index (χ0v) is 14.6. The van der Waals surface area contributed by atoms with E-state index in [-0.39, 0.29) is 0 Å². The van der Waals surface area contributed by atoms with Crippen LogP contribution in [0.4, 0.5) is 0 Å². The molecule has 2 aromatic rings. The summed E-state index contributed by atoms with van der Waals surface area (Å²) in [5.41, 5.74) is 1.07. The molecule has 1 aromatic carbocycles. The quantitative estimate of drug-likeness (QED) is 0.808. The van der Waals surface area contributed by atoms with Crippen molar-refractivity contribution in [3.8, 4) is 5.69 Å². The molecule has 1 aliphatic carbocycles. The zero-order chi connectivity index (χ0) is 16.4. The van der Waals surface area contributed by atoms with Gasteiger partial charge >= 0.3 is 0 Å². The zero-order valence-electron chi connectivity index (χ0n) is 13.8. The number of hydrogen-bond acceptors (Lipinski definition) is 4. The lowest BCUT2D eigenvalue weighted by molar-refractivity contribution is 0.0725. The monoisotopic (exact) mass is 345 g/mol. The molecule has 4 rings (SSSR count). The molecule has 6 heteroatoms. The first-order valence-electron chi connectivity index (χ1n) is 8.73. The van der Waals surface area contributed by atoms with Crippen LogP contribution in [0.1, 0.15) is 43.3 Å². The van der Waals surface area contributed by atoms with Crippen molar-refractivity contribution in [2.24, 2.45) is 5.92 Å². The van der Waals surface area contributed by atoms with E-state index >= 15 is 0 Å². The van der Waals surface area contributed by atoms with Gasteiger partial charge in [0.15, 0.2) is 0 Å². The average Bonchev–Trinajstić information content (AvgIpc) is 3.37. The molecule has 2 heterocycles. The summed E-state index contributed by atoms with van der Waals surface area (Å²) in [5.74, 6) is 4.09. The van der Waals surface area contributed by atoms with Crippen LogP contribution >= 0.6 is 0 Å². The second kappa shape index (κ2) is 7.15. The number of ether oxygens (including phenoxy) is 1. The average molecular weight is 345 g/mol. The van der Waals surface area contributed by atoms with Crippen LogP contribution < -0.4 is 0 Å². The molecule has 0 bridgehead atoms. The van der Waals surface area contributed by atoms with Crippen molar-refractivity contribution in [3.63, 3.8) is 0 Å². The van der Waals surface area contributed by atoms with Gasteiger partial charge in [0.05, 0.1) is 5.75 Å². The van der Waals surface area contributed by atoms with Gasteiger partial charge in [0.2, 0.25) is 0 Å². The van der Waals surface area contributed by atoms with E-state index in [1.165, 1.54) is 12.8 Å². The van der Waals surface area contributed by atoms with Crippen molar-refractivity contribution in [1.82, 2.24) is 14.8 Å². The van der Waals surface area contributed by atoms with Gasteiger partial charge in [-0.3, -0.25) is 8.78 Å². The molecule has 1 atom stereocenters. The maximum Gasteiger partial charge on any atom is 0.150 e. The van der Waals surface area contributed by atoms with E-state index in [1.54, 1.807) is 0 Å². The number of nitrogens with zero attached hydrogens (tertiary/aromatic N) is 3. The Morgan fingerprint density at radius 1 is 1.08 bits per heavy atom. The van der Waals surface area contributed by atoms with Crippen molar-refractivity contribution >= 4 is 10.8 Å². The van der Waals surface area contributed by atoms with Crippen LogP contribution in [-0.2, 0) is 21.3 Å². The third-order valence-corrected chi connectivity index (χ3v) is 6.19. The first kappa shape index (κ1) is 16.0. The maximum absolute atomic E-state index is 12.6. The van der Waals surface area contributed by atoms with Gasteiger partial charge in [-0.25, -0.2) is 0 Å². The van der Waals surface area contributed by atoms with Gasteiger partial charge in [0.25, 0.3) is 0 Å². The predicted molar refractivity (Wildman–Crippen MR) is 93.6 cm³/mol. The van der Waals surface area contributed by atoms with Crippen LogP contribution in [0.2, 0.25) is 0 Å². The molecular formula is C18H23N3O2S. The summed E-state index contributed by atoms with van der Waals surface area (Å²) in [5, 5.41) is 8.79. The normalized spacial score (nSPS) is 20.2. The Balaban J connectivity index is 1.53. The number of aromatic nitrogens is 3. The fourth-order valence-electron chi connectivity index (χ4n) is 3.27. The minimum Gasteiger partial charge on any atom is -0.381 e. The van der Waals surface area contributed by atoms with Gasteiger partial charge in [-0.2, -0.15) is 0 Å². The lowest BCUT2D eigenvalue weighted by Gasteiger charge is -2.21. The molecule has 0 radical (unpaired) electrons.